The fourth-order valence-corrected chi connectivity index (χ4v) is 2.45. The van der Waals surface area contributed by atoms with Crippen molar-refractivity contribution in [3.8, 4) is 0 Å². The second kappa shape index (κ2) is 8.71. The van der Waals surface area contributed by atoms with E-state index in [-0.39, 0.29) is 0 Å². The summed E-state index contributed by atoms with van der Waals surface area (Å²) in [6, 6.07) is 9.17. The van der Waals surface area contributed by atoms with E-state index in [1.807, 2.05) is 0 Å². The van der Waals surface area contributed by atoms with E-state index in [0.717, 1.165) is 13.0 Å². The van der Waals surface area contributed by atoms with E-state index in [2.05, 4.69) is 59.4 Å². The minimum atomic E-state index is 0.619. The Morgan fingerprint density at radius 1 is 1.18 bits per heavy atom. The van der Waals surface area contributed by atoms with E-state index >= 15 is 0 Å². The van der Waals surface area contributed by atoms with Crippen molar-refractivity contribution in [2.45, 2.75) is 52.0 Å². The van der Waals surface area contributed by atoms with Gasteiger partial charge in [-0.2, -0.15) is 0 Å². The summed E-state index contributed by atoms with van der Waals surface area (Å²) in [7, 11) is 0. The number of hydrogen-bond donors (Lipinski definition) is 1. The number of hydrogen-bond acceptors (Lipinski definition) is 1. The highest BCUT2D eigenvalue weighted by Crippen LogP contribution is 2.19. The van der Waals surface area contributed by atoms with Crippen LogP contribution < -0.4 is 5.32 Å². The molecule has 1 nitrogen and oxygen atoms in total. The average molecular weight is 298 g/mol. The quantitative estimate of drug-likeness (QED) is 0.742. The number of benzene rings is 1. The molecule has 0 spiro atoms. The Bertz CT molecular complexity index is 304. The maximum atomic E-state index is 3.66. The molecular weight excluding hydrogens is 274 g/mol. The van der Waals surface area contributed by atoms with Gasteiger partial charge in [-0.25, -0.2) is 0 Å². The highest BCUT2D eigenvalue weighted by molar-refractivity contribution is 9.10. The zero-order valence-electron chi connectivity index (χ0n) is 11.0. The third kappa shape index (κ3) is 5.69. The second-order valence-corrected chi connectivity index (χ2v) is 5.44. The SMILES string of the molecule is CCCCC(Cc1ccccc1Br)NCCC. The second-order valence-electron chi connectivity index (χ2n) is 4.59. The Hall–Kier alpha value is -0.340. The number of nitrogens with one attached hydrogen (secondary N) is 1. The van der Waals surface area contributed by atoms with Crippen molar-refractivity contribution in [2.24, 2.45) is 0 Å². The van der Waals surface area contributed by atoms with Crippen LogP contribution in [0.25, 0.3) is 0 Å². The summed E-state index contributed by atoms with van der Waals surface area (Å²) in [4.78, 5) is 0. The summed E-state index contributed by atoms with van der Waals surface area (Å²) < 4.78 is 1.24. The third-order valence-corrected chi connectivity index (χ3v) is 3.79. The maximum absolute atomic E-state index is 3.66. The van der Waals surface area contributed by atoms with Crippen LogP contribution in [0, 0.1) is 0 Å². The highest BCUT2D eigenvalue weighted by Gasteiger charge is 2.09. The molecular formula is C15H24BrN. The number of halogens is 1. The first-order valence-electron chi connectivity index (χ1n) is 6.74. The van der Waals surface area contributed by atoms with Crippen molar-refractivity contribution < 1.29 is 0 Å². The van der Waals surface area contributed by atoms with Gasteiger partial charge in [0.05, 0.1) is 0 Å². The van der Waals surface area contributed by atoms with Gasteiger partial charge in [-0.3, -0.25) is 0 Å². The molecule has 0 amide bonds. The maximum Gasteiger partial charge on any atom is 0.0207 e. The summed E-state index contributed by atoms with van der Waals surface area (Å²) in [5.41, 5.74) is 1.41. The van der Waals surface area contributed by atoms with Crippen molar-refractivity contribution in [3.05, 3.63) is 34.3 Å². The normalized spacial score (nSPS) is 12.6. The Morgan fingerprint density at radius 2 is 1.94 bits per heavy atom. The molecule has 2 heteroatoms. The van der Waals surface area contributed by atoms with E-state index in [4.69, 9.17) is 0 Å². The van der Waals surface area contributed by atoms with Crippen LogP contribution in [-0.2, 0) is 6.42 Å². The average Bonchev–Trinajstić information content (AvgIpc) is 2.35. The lowest BCUT2D eigenvalue weighted by molar-refractivity contribution is 0.461. The first-order valence-corrected chi connectivity index (χ1v) is 7.54. The van der Waals surface area contributed by atoms with Gasteiger partial charge in [0.2, 0.25) is 0 Å². The Kier molecular flexibility index (Phi) is 7.54. The molecule has 0 saturated heterocycles. The molecule has 0 aliphatic heterocycles. The van der Waals surface area contributed by atoms with Gasteiger partial charge in [-0.15, -0.1) is 0 Å². The van der Waals surface area contributed by atoms with E-state index in [1.165, 1.54) is 35.7 Å². The molecule has 0 aromatic heterocycles. The van der Waals surface area contributed by atoms with E-state index in [0.29, 0.717) is 6.04 Å². The van der Waals surface area contributed by atoms with Crippen molar-refractivity contribution in [2.75, 3.05) is 6.54 Å². The molecule has 0 bridgehead atoms. The standard InChI is InChI=1S/C15H24BrN/c1-3-5-9-14(17-11-4-2)12-13-8-6-7-10-15(13)16/h6-8,10,14,17H,3-5,9,11-12H2,1-2H3. The lowest BCUT2D eigenvalue weighted by Gasteiger charge is -2.19. The highest BCUT2D eigenvalue weighted by atomic mass is 79.9. The van der Waals surface area contributed by atoms with Gasteiger partial charge in [-0.05, 0) is 37.4 Å². The Labute approximate surface area is 114 Å². The van der Waals surface area contributed by atoms with Gasteiger partial charge in [0.25, 0.3) is 0 Å². The zero-order chi connectivity index (χ0) is 12.5. The van der Waals surface area contributed by atoms with E-state index in [9.17, 15) is 0 Å². The molecule has 17 heavy (non-hydrogen) atoms. The smallest absolute Gasteiger partial charge is 0.0207 e. The zero-order valence-corrected chi connectivity index (χ0v) is 12.6. The Balaban J connectivity index is 2.55. The van der Waals surface area contributed by atoms with Crippen molar-refractivity contribution in [1.82, 2.24) is 5.32 Å². The van der Waals surface area contributed by atoms with Gasteiger partial charge in [0.15, 0.2) is 0 Å². The van der Waals surface area contributed by atoms with Crippen LogP contribution in [0.5, 0.6) is 0 Å². The fourth-order valence-electron chi connectivity index (χ4n) is 2.00. The van der Waals surface area contributed by atoms with Crippen LogP contribution in [0.3, 0.4) is 0 Å². The summed E-state index contributed by atoms with van der Waals surface area (Å²) in [6.07, 6.45) is 6.20. The van der Waals surface area contributed by atoms with Crippen LogP contribution in [0.1, 0.15) is 45.1 Å². The van der Waals surface area contributed by atoms with E-state index < -0.39 is 0 Å². The lowest BCUT2D eigenvalue weighted by atomic mass is 10.0. The summed E-state index contributed by atoms with van der Waals surface area (Å²) in [5.74, 6) is 0. The van der Waals surface area contributed by atoms with Crippen LogP contribution >= 0.6 is 15.9 Å². The van der Waals surface area contributed by atoms with Gasteiger partial charge in [-0.1, -0.05) is 60.8 Å². The van der Waals surface area contributed by atoms with Gasteiger partial charge < -0.3 is 5.32 Å². The molecule has 1 N–H and O–H groups in total. The van der Waals surface area contributed by atoms with Gasteiger partial charge in [0.1, 0.15) is 0 Å². The predicted molar refractivity (Wildman–Crippen MR) is 79.5 cm³/mol. The first kappa shape index (κ1) is 14.7. The molecule has 0 heterocycles. The van der Waals surface area contributed by atoms with Crippen LogP contribution in [0.4, 0.5) is 0 Å². The molecule has 1 unspecified atom stereocenters. The van der Waals surface area contributed by atoms with Crippen molar-refractivity contribution in [1.29, 1.82) is 0 Å². The largest absolute Gasteiger partial charge is 0.314 e. The van der Waals surface area contributed by atoms with Gasteiger partial charge in [0, 0.05) is 10.5 Å². The first-order chi connectivity index (χ1) is 8.27. The van der Waals surface area contributed by atoms with Gasteiger partial charge >= 0.3 is 0 Å². The molecule has 0 fully saturated rings. The van der Waals surface area contributed by atoms with E-state index in [1.54, 1.807) is 0 Å². The molecule has 0 saturated carbocycles. The molecule has 0 aliphatic rings. The van der Waals surface area contributed by atoms with Crippen molar-refractivity contribution in [3.63, 3.8) is 0 Å². The molecule has 1 atom stereocenters. The van der Waals surface area contributed by atoms with Crippen molar-refractivity contribution >= 4 is 15.9 Å². The minimum Gasteiger partial charge on any atom is -0.314 e. The fraction of sp³-hybridized carbons (Fsp3) is 0.600. The molecule has 0 aliphatic carbocycles. The van der Waals surface area contributed by atoms with Crippen LogP contribution in [-0.4, -0.2) is 12.6 Å². The minimum absolute atomic E-state index is 0.619. The lowest BCUT2D eigenvalue weighted by Crippen LogP contribution is -2.31. The molecule has 96 valence electrons. The number of rotatable bonds is 8. The Morgan fingerprint density at radius 3 is 2.59 bits per heavy atom. The topological polar surface area (TPSA) is 12.0 Å². The third-order valence-electron chi connectivity index (χ3n) is 3.01. The summed E-state index contributed by atoms with van der Waals surface area (Å²) in [5, 5.41) is 3.66. The summed E-state index contributed by atoms with van der Waals surface area (Å²) in [6.45, 7) is 5.61. The van der Waals surface area contributed by atoms with Crippen LogP contribution in [0.2, 0.25) is 0 Å². The molecule has 0 radical (unpaired) electrons. The predicted octanol–water partition coefficient (Wildman–Crippen LogP) is 4.55. The molecule has 1 aromatic rings. The molecule has 1 rings (SSSR count). The monoisotopic (exact) mass is 297 g/mol. The van der Waals surface area contributed by atoms with Crippen LogP contribution in [0.15, 0.2) is 28.7 Å². The summed E-state index contributed by atoms with van der Waals surface area (Å²) >= 11 is 3.63. The number of unbranched alkanes of at least 4 members (excludes halogenated alkanes) is 1. The molecule has 1 aromatic carbocycles.